The molecule has 19 heteroatoms. The number of nitrogens with one attached hydrogen (secondary N) is 3. The Hall–Kier alpha value is -7.38. The standard InChI is InChI=1S/C46H49N7O11S/c1-46(2,21-11-12-22-64-41-24-34(30-13-5-3-6-14-30)23-35(51-41)31-15-7-4-8-16-31)29-48-44(58)36(25-40(54)50-37(45(59)60)26-42(55)56)52-43(57)33-19-20-39(47-27-33)53-49-28-32-17-9-10-18-38(32)65(61,62)63/h3-10,13-20,23-24,27,36-37H,11-12,21-22,25-26,28-29H2,1-2H3,(H,48,58)(H,50,54)(H,52,57)(H,55,56)(H,59,60)(H,61,62,63). The fourth-order valence-corrected chi connectivity index (χ4v) is 7.18. The average Bonchev–Trinajstić information content (AvgIpc) is 3.28. The van der Waals surface area contributed by atoms with Crippen molar-refractivity contribution in [3.05, 3.63) is 127 Å². The third kappa shape index (κ3) is 15.4. The highest BCUT2D eigenvalue weighted by Crippen LogP contribution is 2.29. The van der Waals surface area contributed by atoms with Crippen LogP contribution in [0, 0.1) is 5.41 Å². The second-order valence-corrected chi connectivity index (χ2v) is 17.1. The summed E-state index contributed by atoms with van der Waals surface area (Å²) >= 11 is 0. The van der Waals surface area contributed by atoms with Gasteiger partial charge in [-0.1, -0.05) is 92.7 Å². The zero-order valence-electron chi connectivity index (χ0n) is 35.6. The van der Waals surface area contributed by atoms with Crippen LogP contribution in [-0.2, 0) is 35.8 Å². The zero-order chi connectivity index (χ0) is 47.0. The number of carbonyl (C=O) groups is 5. The van der Waals surface area contributed by atoms with E-state index in [4.69, 9.17) is 14.8 Å². The number of carboxylic acids is 2. The van der Waals surface area contributed by atoms with E-state index in [-0.39, 0.29) is 34.9 Å². The third-order valence-corrected chi connectivity index (χ3v) is 10.9. The van der Waals surface area contributed by atoms with Crippen LogP contribution in [0.1, 0.15) is 61.9 Å². The van der Waals surface area contributed by atoms with Crippen LogP contribution in [0.4, 0.5) is 5.82 Å². The number of benzene rings is 3. The fraction of sp³-hybridized carbons (Fsp3) is 0.283. The lowest BCUT2D eigenvalue weighted by Crippen LogP contribution is -2.52. The predicted octanol–water partition coefficient (Wildman–Crippen LogP) is 6.27. The van der Waals surface area contributed by atoms with E-state index in [0.717, 1.165) is 35.0 Å². The van der Waals surface area contributed by atoms with Crippen molar-refractivity contribution < 1.29 is 51.9 Å². The molecule has 340 valence electrons. The number of unbranched alkanes of at least 4 members (excludes halogenated alkanes) is 1. The summed E-state index contributed by atoms with van der Waals surface area (Å²) in [5.74, 6) is -5.12. The Labute approximate surface area is 375 Å². The molecule has 0 bridgehead atoms. The Morgan fingerprint density at radius 1 is 0.785 bits per heavy atom. The van der Waals surface area contributed by atoms with Crippen molar-refractivity contribution in [2.24, 2.45) is 15.6 Å². The minimum atomic E-state index is -4.49. The number of amides is 3. The van der Waals surface area contributed by atoms with Crippen LogP contribution in [0.15, 0.2) is 131 Å². The van der Waals surface area contributed by atoms with E-state index in [9.17, 15) is 42.0 Å². The molecule has 0 saturated heterocycles. The maximum atomic E-state index is 13.6. The lowest BCUT2D eigenvalue weighted by atomic mass is 9.87. The predicted molar refractivity (Wildman–Crippen MR) is 238 cm³/mol. The van der Waals surface area contributed by atoms with Crippen molar-refractivity contribution in [3.8, 4) is 28.3 Å². The van der Waals surface area contributed by atoms with Gasteiger partial charge in [-0.2, -0.15) is 13.5 Å². The molecule has 2 atom stereocenters. The van der Waals surface area contributed by atoms with E-state index in [2.05, 4.69) is 31.2 Å². The first-order valence-corrected chi connectivity index (χ1v) is 21.9. The lowest BCUT2D eigenvalue weighted by Gasteiger charge is -2.27. The highest BCUT2D eigenvalue weighted by atomic mass is 32.2. The van der Waals surface area contributed by atoms with Crippen LogP contribution in [0.2, 0.25) is 0 Å². The lowest BCUT2D eigenvalue weighted by molar-refractivity contribution is -0.147. The second kappa shape index (κ2) is 22.8. The first-order valence-electron chi connectivity index (χ1n) is 20.4. The summed E-state index contributed by atoms with van der Waals surface area (Å²) in [7, 11) is -4.49. The molecule has 0 aliphatic rings. The summed E-state index contributed by atoms with van der Waals surface area (Å²) in [5, 5.41) is 33.8. The van der Waals surface area contributed by atoms with Gasteiger partial charge >= 0.3 is 11.9 Å². The quantitative estimate of drug-likeness (QED) is 0.0240. The first kappa shape index (κ1) is 48.6. The number of ether oxygens (including phenoxy) is 1. The summed E-state index contributed by atoms with van der Waals surface area (Å²) in [6.07, 6.45) is 1.52. The summed E-state index contributed by atoms with van der Waals surface area (Å²) < 4.78 is 38.9. The Kier molecular flexibility index (Phi) is 17.1. The van der Waals surface area contributed by atoms with Gasteiger partial charge in [-0.3, -0.25) is 23.7 Å². The Balaban J connectivity index is 1.18. The SMILES string of the molecule is CC(C)(CCCCOc1cc(-c2ccccc2)cc(-c2ccccc2)n1)CNC(=O)C(CC(=O)NC(CC(=O)O)C(=O)O)NC(=O)c1ccc(N=NCc2ccccc2S(=O)(=O)O)nc1. The Bertz CT molecular complexity index is 2540. The van der Waals surface area contributed by atoms with Crippen molar-refractivity contribution in [1.82, 2.24) is 25.9 Å². The minimum Gasteiger partial charge on any atom is -0.481 e. The van der Waals surface area contributed by atoms with Crippen molar-refractivity contribution in [1.29, 1.82) is 0 Å². The van der Waals surface area contributed by atoms with Gasteiger partial charge < -0.3 is 30.9 Å². The molecule has 5 aromatic rings. The van der Waals surface area contributed by atoms with Crippen LogP contribution in [0.5, 0.6) is 5.88 Å². The minimum absolute atomic E-state index is 0.0395. The van der Waals surface area contributed by atoms with E-state index in [1.54, 1.807) is 6.07 Å². The molecule has 2 aromatic heterocycles. The fourth-order valence-electron chi connectivity index (χ4n) is 6.47. The molecule has 0 fully saturated rings. The molecule has 0 aliphatic heterocycles. The molecule has 0 aliphatic carbocycles. The summed E-state index contributed by atoms with van der Waals surface area (Å²) in [5.41, 5.74) is 3.41. The van der Waals surface area contributed by atoms with Crippen LogP contribution >= 0.6 is 0 Å². The smallest absolute Gasteiger partial charge is 0.326 e. The van der Waals surface area contributed by atoms with Gasteiger partial charge in [0.1, 0.15) is 12.1 Å². The molecule has 3 amide bonds. The number of aliphatic carboxylic acids is 2. The molecule has 0 spiro atoms. The molecule has 6 N–H and O–H groups in total. The number of aromatic nitrogens is 2. The molecule has 65 heavy (non-hydrogen) atoms. The topological polar surface area (TPSA) is 276 Å². The molecule has 5 rings (SSSR count). The molecule has 0 radical (unpaired) electrons. The monoisotopic (exact) mass is 907 g/mol. The Morgan fingerprint density at radius 2 is 1.46 bits per heavy atom. The van der Waals surface area contributed by atoms with Crippen LogP contribution in [-0.4, -0.2) is 88.0 Å². The molecule has 2 heterocycles. The van der Waals surface area contributed by atoms with Crippen molar-refractivity contribution in [2.75, 3.05) is 13.2 Å². The van der Waals surface area contributed by atoms with Gasteiger partial charge in [-0.05, 0) is 65.6 Å². The van der Waals surface area contributed by atoms with E-state index >= 15 is 0 Å². The molecular weight excluding hydrogens is 859 g/mol. The van der Waals surface area contributed by atoms with Crippen LogP contribution in [0.25, 0.3) is 22.4 Å². The van der Waals surface area contributed by atoms with E-state index in [1.165, 1.54) is 30.3 Å². The number of nitrogens with zero attached hydrogens (tertiary/aromatic N) is 4. The maximum Gasteiger partial charge on any atom is 0.326 e. The number of hydrogen-bond acceptors (Lipinski definition) is 12. The van der Waals surface area contributed by atoms with Gasteiger partial charge in [-0.25, -0.2) is 14.8 Å². The van der Waals surface area contributed by atoms with E-state index in [1.807, 2.05) is 86.6 Å². The van der Waals surface area contributed by atoms with Gasteiger partial charge in [0.25, 0.3) is 16.0 Å². The van der Waals surface area contributed by atoms with Gasteiger partial charge in [0, 0.05) is 24.4 Å². The Morgan fingerprint density at radius 3 is 2.11 bits per heavy atom. The maximum absolute atomic E-state index is 13.6. The first-order chi connectivity index (χ1) is 31.0. The third-order valence-electron chi connectivity index (χ3n) is 9.92. The summed E-state index contributed by atoms with van der Waals surface area (Å²) in [6.45, 7) is 4.18. The van der Waals surface area contributed by atoms with Crippen molar-refractivity contribution in [3.63, 3.8) is 0 Å². The van der Waals surface area contributed by atoms with Gasteiger partial charge in [0.05, 0.1) is 42.1 Å². The molecule has 0 saturated carbocycles. The highest BCUT2D eigenvalue weighted by molar-refractivity contribution is 7.85. The summed E-state index contributed by atoms with van der Waals surface area (Å²) in [6, 6.07) is 28.7. The second-order valence-electron chi connectivity index (χ2n) is 15.7. The number of carbonyl (C=O) groups excluding carboxylic acids is 3. The number of carboxylic acid groups (broad SMARTS) is 2. The van der Waals surface area contributed by atoms with Crippen molar-refractivity contribution >= 4 is 45.6 Å². The van der Waals surface area contributed by atoms with E-state index in [0.29, 0.717) is 25.3 Å². The number of hydrogen-bond donors (Lipinski definition) is 6. The van der Waals surface area contributed by atoms with Gasteiger partial charge in [-0.15, -0.1) is 5.11 Å². The van der Waals surface area contributed by atoms with Gasteiger partial charge in [0.2, 0.25) is 17.7 Å². The largest absolute Gasteiger partial charge is 0.481 e. The average molecular weight is 908 g/mol. The zero-order valence-corrected chi connectivity index (χ0v) is 36.4. The molecule has 18 nitrogen and oxygen atoms in total. The normalized spacial score (nSPS) is 12.5. The molecule has 3 aromatic carbocycles. The molecular formula is C46H49N7O11S. The highest BCUT2D eigenvalue weighted by Gasteiger charge is 2.30. The summed E-state index contributed by atoms with van der Waals surface area (Å²) in [4.78, 5) is 71.3. The van der Waals surface area contributed by atoms with Crippen LogP contribution < -0.4 is 20.7 Å². The molecule has 2 unspecified atom stereocenters. The van der Waals surface area contributed by atoms with E-state index < -0.39 is 70.1 Å². The number of azo groups is 1. The number of pyridine rings is 2. The van der Waals surface area contributed by atoms with Gasteiger partial charge in [0.15, 0.2) is 5.82 Å². The number of rotatable bonds is 23. The van der Waals surface area contributed by atoms with Crippen molar-refractivity contribution in [2.45, 2.75) is 69.5 Å². The van der Waals surface area contributed by atoms with Crippen LogP contribution in [0.3, 0.4) is 0 Å².